The molecule has 2 saturated carbocycles. The van der Waals surface area contributed by atoms with Gasteiger partial charge in [0.25, 0.3) is 0 Å². The van der Waals surface area contributed by atoms with E-state index in [1.54, 1.807) is 0 Å². The summed E-state index contributed by atoms with van der Waals surface area (Å²) in [6.07, 6.45) is 14.6. The molecule has 0 spiro atoms. The van der Waals surface area contributed by atoms with Crippen LogP contribution in [-0.2, 0) is 14.4 Å². The van der Waals surface area contributed by atoms with Crippen molar-refractivity contribution in [2.75, 3.05) is 0 Å². The molecule has 4 atom stereocenters. The molecule has 0 heterocycles. The number of hydrogen-bond donors (Lipinski definition) is 3. The minimum atomic E-state index is -1.63. The summed E-state index contributed by atoms with van der Waals surface area (Å²) in [5.74, 6) is -3.33. The van der Waals surface area contributed by atoms with Gasteiger partial charge in [0.2, 0.25) is 0 Å². The van der Waals surface area contributed by atoms with Crippen LogP contribution in [0.2, 0.25) is 0 Å². The van der Waals surface area contributed by atoms with Crippen LogP contribution in [0.25, 0.3) is 5.76 Å². The minimum Gasteiger partial charge on any atom is -0.506 e. The monoisotopic (exact) mass is 670 g/mol. The van der Waals surface area contributed by atoms with Crippen molar-refractivity contribution in [2.24, 2.45) is 22.2 Å². The van der Waals surface area contributed by atoms with E-state index in [1.165, 1.54) is 23.3 Å². The largest absolute Gasteiger partial charge is 0.506 e. The molecule has 3 N–H and O–H groups in total. The predicted molar refractivity (Wildman–Crippen MR) is 199 cm³/mol. The van der Waals surface area contributed by atoms with Crippen LogP contribution < -0.4 is 0 Å². The first-order valence-corrected chi connectivity index (χ1v) is 17.6. The summed E-state index contributed by atoms with van der Waals surface area (Å²) >= 11 is 0. The van der Waals surface area contributed by atoms with E-state index in [4.69, 9.17) is 0 Å². The predicted octanol–water partition coefficient (Wildman–Crippen LogP) is 10.6. The summed E-state index contributed by atoms with van der Waals surface area (Å²) in [5, 5.41) is 32.0. The smallest absolute Gasteiger partial charge is 0.184 e. The Balaban J connectivity index is 2.44. The molecular weight excluding hydrogens is 612 g/mol. The highest BCUT2D eigenvalue weighted by molar-refractivity contribution is 6.41. The third kappa shape index (κ3) is 7.95. The topological polar surface area (TPSA) is 112 Å². The number of hydrogen-bond acceptors (Lipinski definition) is 6. The number of aliphatic hydroxyl groups is 1. The van der Waals surface area contributed by atoms with E-state index >= 15 is 9.59 Å². The van der Waals surface area contributed by atoms with Crippen LogP contribution in [-0.4, -0.2) is 32.7 Å². The molecule has 2 aliphatic carbocycles. The fourth-order valence-corrected chi connectivity index (χ4v) is 7.78. The van der Waals surface area contributed by atoms with Crippen molar-refractivity contribution >= 4 is 23.1 Å². The highest BCUT2D eigenvalue weighted by Gasteiger charge is 2.74. The highest BCUT2D eigenvalue weighted by atomic mass is 16.3. The number of phenolic OH excluding ortho intramolecular Hbond substituents is 2. The third-order valence-corrected chi connectivity index (χ3v) is 10.8. The number of allylic oxidation sites excluding steroid dienone is 11. The number of aliphatic hydroxyl groups excluding tert-OH is 1. The van der Waals surface area contributed by atoms with Crippen LogP contribution in [0.5, 0.6) is 11.5 Å². The molecule has 0 aromatic heterocycles. The fourth-order valence-electron chi connectivity index (χ4n) is 7.78. The first kappa shape index (κ1) is 39.5. The van der Waals surface area contributed by atoms with E-state index in [9.17, 15) is 20.1 Å². The van der Waals surface area contributed by atoms with Crippen molar-refractivity contribution in [2.45, 2.75) is 121 Å². The summed E-state index contributed by atoms with van der Waals surface area (Å²) < 4.78 is 0. The Bertz CT molecular complexity index is 1650. The van der Waals surface area contributed by atoms with Gasteiger partial charge in [0.05, 0.1) is 5.41 Å². The van der Waals surface area contributed by atoms with Crippen molar-refractivity contribution in [1.29, 1.82) is 0 Å². The number of carbonyl (C=O) groups excluding carboxylic acids is 3. The van der Waals surface area contributed by atoms with Crippen molar-refractivity contribution < 1.29 is 29.7 Å². The number of benzene rings is 1. The first-order valence-electron chi connectivity index (χ1n) is 17.6. The molecule has 0 saturated heterocycles. The zero-order valence-corrected chi connectivity index (χ0v) is 31.4. The SMILES string of the molecule is CC(C)=CCCC(C)=CC[C@@H]1C[C@@]2(CC=C(C)C)C(=O)C(=C(O)c3ccc(O)c(O)c3)C(=O)[C@](CC=C(C)C)(C2=O)[C@@]1(C)CCC=C(C)C. The minimum absolute atomic E-state index is 0.0202. The summed E-state index contributed by atoms with van der Waals surface area (Å²) in [6, 6.07) is 3.69. The molecule has 1 aromatic carbocycles. The molecule has 3 rings (SSSR count). The lowest BCUT2D eigenvalue weighted by Crippen LogP contribution is -2.70. The lowest BCUT2D eigenvalue weighted by molar-refractivity contribution is -0.178. The molecule has 2 bridgehead atoms. The van der Waals surface area contributed by atoms with E-state index in [2.05, 4.69) is 45.9 Å². The van der Waals surface area contributed by atoms with Gasteiger partial charge in [0.15, 0.2) is 28.8 Å². The number of carbonyl (C=O) groups is 3. The van der Waals surface area contributed by atoms with Crippen LogP contribution >= 0.6 is 0 Å². The second-order valence-electron chi connectivity index (χ2n) is 15.6. The molecule has 0 amide bonds. The van der Waals surface area contributed by atoms with Gasteiger partial charge in [-0.05, 0) is 143 Å². The maximum atomic E-state index is 15.4. The molecule has 6 nitrogen and oxygen atoms in total. The van der Waals surface area contributed by atoms with Crippen LogP contribution in [0.4, 0.5) is 0 Å². The molecule has 1 aromatic rings. The maximum absolute atomic E-state index is 15.4. The van der Waals surface area contributed by atoms with Gasteiger partial charge in [-0.25, -0.2) is 0 Å². The fraction of sp³-hybridized carbons (Fsp3) is 0.512. The Labute approximate surface area is 294 Å². The number of fused-ring (bicyclic) bond motifs is 2. The van der Waals surface area contributed by atoms with Crippen molar-refractivity contribution in [3.05, 3.63) is 87.6 Å². The van der Waals surface area contributed by atoms with Gasteiger partial charge in [0, 0.05) is 5.56 Å². The molecule has 2 fully saturated rings. The van der Waals surface area contributed by atoms with Crippen LogP contribution in [0.15, 0.2) is 82.0 Å². The molecule has 6 heteroatoms. The Hall–Kier alpha value is -3.93. The number of ketones is 3. The van der Waals surface area contributed by atoms with E-state index in [0.717, 1.165) is 35.6 Å². The first-order chi connectivity index (χ1) is 22.8. The Morgan fingerprint density at radius 3 is 1.90 bits per heavy atom. The standard InChI is InChI=1S/C43H58O6/c1-27(2)13-11-15-31(9)16-18-33-26-42(23-20-29(5)6)38(47)36(37(46)32-17-19-34(44)35(45)25-32)39(48)43(40(42)49,24-21-30(7)8)41(33,10)22-12-14-28(3)4/h13-14,16-17,19-21,25,33,44-46H,11-12,15,18,22-24,26H2,1-10H3/t33-,41+,42+,43-/m1/s1. The van der Waals surface area contributed by atoms with Gasteiger partial charge in [-0.1, -0.05) is 65.2 Å². The van der Waals surface area contributed by atoms with Crippen molar-refractivity contribution in [1.82, 2.24) is 0 Å². The van der Waals surface area contributed by atoms with Crippen molar-refractivity contribution in [3.8, 4) is 11.5 Å². The van der Waals surface area contributed by atoms with Crippen LogP contribution in [0.1, 0.15) is 126 Å². The summed E-state index contributed by atoms with van der Waals surface area (Å²) in [6.45, 7) is 20.1. The van der Waals surface area contributed by atoms with Gasteiger partial charge in [-0.15, -0.1) is 0 Å². The number of aromatic hydroxyl groups is 2. The van der Waals surface area contributed by atoms with E-state index < -0.39 is 50.6 Å². The summed E-state index contributed by atoms with van der Waals surface area (Å²) in [5.41, 5.74) is 1.11. The van der Waals surface area contributed by atoms with Gasteiger partial charge in [-0.2, -0.15) is 0 Å². The molecule has 0 radical (unpaired) electrons. The van der Waals surface area contributed by atoms with Crippen molar-refractivity contribution in [3.63, 3.8) is 0 Å². The third-order valence-electron chi connectivity index (χ3n) is 10.8. The lowest BCUT2D eigenvalue weighted by Gasteiger charge is -2.61. The van der Waals surface area contributed by atoms with Gasteiger partial charge >= 0.3 is 0 Å². The highest BCUT2D eigenvalue weighted by Crippen LogP contribution is 2.67. The lowest BCUT2D eigenvalue weighted by atomic mass is 9.37. The summed E-state index contributed by atoms with van der Waals surface area (Å²) in [4.78, 5) is 45.6. The van der Waals surface area contributed by atoms with Crippen LogP contribution in [0.3, 0.4) is 0 Å². The zero-order valence-electron chi connectivity index (χ0n) is 31.4. The quantitative estimate of drug-likeness (QED) is 0.0481. The normalized spacial score (nSPS) is 26.2. The van der Waals surface area contributed by atoms with Gasteiger partial charge in [-0.3, -0.25) is 14.4 Å². The molecule has 2 aliphatic rings. The summed E-state index contributed by atoms with van der Waals surface area (Å²) in [7, 11) is 0. The Morgan fingerprint density at radius 1 is 0.755 bits per heavy atom. The van der Waals surface area contributed by atoms with Gasteiger partial charge < -0.3 is 15.3 Å². The molecule has 49 heavy (non-hydrogen) atoms. The average Bonchev–Trinajstić information content (AvgIpc) is 3.00. The van der Waals surface area contributed by atoms with Gasteiger partial charge in [0.1, 0.15) is 16.7 Å². The molecule has 266 valence electrons. The average molecular weight is 671 g/mol. The van der Waals surface area contributed by atoms with E-state index in [-0.39, 0.29) is 36.5 Å². The van der Waals surface area contributed by atoms with E-state index in [0.29, 0.717) is 19.3 Å². The molecule has 0 unspecified atom stereocenters. The number of phenols is 2. The molecule has 0 aliphatic heterocycles. The second kappa shape index (κ2) is 15.7. The number of Topliss-reactive ketones (excluding diaryl/α,β-unsaturated/α-hetero) is 3. The Kier molecular flexibility index (Phi) is 12.7. The van der Waals surface area contributed by atoms with E-state index in [1.807, 2.05) is 53.7 Å². The molecular formula is C43H58O6. The zero-order chi connectivity index (χ0) is 36.9. The van der Waals surface area contributed by atoms with Crippen LogP contribution in [0, 0.1) is 22.2 Å². The second-order valence-corrected chi connectivity index (χ2v) is 15.6. The maximum Gasteiger partial charge on any atom is 0.184 e. The Morgan fingerprint density at radius 2 is 1.33 bits per heavy atom. The number of rotatable bonds is 13.